The molecule has 0 radical (unpaired) electrons. The number of aryl methyl sites for hydroxylation is 1. The quantitative estimate of drug-likeness (QED) is 0.822. The summed E-state index contributed by atoms with van der Waals surface area (Å²) in [5.41, 5.74) is 5.21. The maximum Gasteiger partial charge on any atom is 0.263 e. The zero-order valence-corrected chi connectivity index (χ0v) is 12.6. The highest BCUT2D eigenvalue weighted by molar-refractivity contribution is 7.93. The number of nitrogens with one attached hydrogen (secondary N) is 1. The normalized spacial score (nSPS) is 11.3. The number of halogens is 1. The molecule has 1 aromatic heterocycles. The summed E-state index contributed by atoms with van der Waals surface area (Å²) in [6, 6.07) is 3.19. The molecule has 0 saturated carbocycles. The minimum absolute atomic E-state index is 0.128. The van der Waals surface area contributed by atoms with Crippen LogP contribution < -0.4 is 10.5 Å². The highest BCUT2D eigenvalue weighted by atomic mass is 32.2. The molecule has 0 bridgehead atoms. The molecule has 106 valence electrons. The smallest absolute Gasteiger partial charge is 0.263 e. The lowest BCUT2D eigenvalue weighted by atomic mass is 10.2. The lowest BCUT2D eigenvalue weighted by molar-refractivity contribution is 0.599. The first kappa shape index (κ1) is 14.8. The molecule has 2 aromatic rings. The van der Waals surface area contributed by atoms with Crippen LogP contribution in [0.4, 0.5) is 9.52 Å². The third-order valence-corrected chi connectivity index (χ3v) is 4.67. The minimum atomic E-state index is -3.90. The second-order valence-corrected chi connectivity index (χ2v) is 6.63. The van der Waals surface area contributed by atoms with Gasteiger partial charge in [-0.25, -0.2) is 17.8 Å². The number of nitrogens with two attached hydrogens (primary N) is 1. The van der Waals surface area contributed by atoms with Gasteiger partial charge in [0.25, 0.3) is 10.0 Å². The number of hydrogen-bond acceptors (Lipinski definition) is 6. The average molecular weight is 332 g/mol. The number of anilines is 1. The Morgan fingerprint density at radius 1 is 1.50 bits per heavy atom. The van der Waals surface area contributed by atoms with Gasteiger partial charge in [-0.3, -0.25) is 4.72 Å². The van der Waals surface area contributed by atoms with Gasteiger partial charge in [0, 0.05) is 17.1 Å². The first-order valence-corrected chi connectivity index (χ1v) is 7.88. The van der Waals surface area contributed by atoms with Crippen molar-refractivity contribution in [1.29, 1.82) is 0 Å². The van der Waals surface area contributed by atoms with E-state index in [0.717, 1.165) is 29.7 Å². The van der Waals surface area contributed by atoms with Gasteiger partial charge in [0.15, 0.2) is 0 Å². The molecule has 0 aliphatic carbocycles. The van der Waals surface area contributed by atoms with Crippen LogP contribution in [0.2, 0.25) is 0 Å². The predicted molar refractivity (Wildman–Crippen MR) is 77.7 cm³/mol. The predicted octanol–water partition coefficient (Wildman–Crippen LogP) is 1.42. The van der Waals surface area contributed by atoms with Crippen molar-refractivity contribution in [3.8, 4) is 0 Å². The number of rotatable bonds is 4. The SMILES string of the molecule is Cc1nsc(NS(=O)(=O)c2ccc(F)c(C(N)=S)c2)n1. The zero-order valence-electron chi connectivity index (χ0n) is 10.1. The van der Waals surface area contributed by atoms with Gasteiger partial charge < -0.3 is 5.73 Å². The Kier molecular flexibility index (Phi) is 3.97. The van der Waals surface area contributed by atoms with E-state index in [-0.39, 0.29) is 20.6 Å². The minimum Gasteiger partial charge on any atom is -0.389 e. The second-order valence-electron chi connectivity index (χ2n) is 3.76. The Labute approximate surface area is 124 Å². The molecule has 0 spiro atoms. The van der Waals surface area contributed by atoms with Crippen molar-refractivity contribution in [2.24, 2.45) is 5.73 Å². The van der Waals surface area contributed by atoms with Crippen molar-refractivity contribution < 1.29 is 12.8 Å². The van der Waals surface area contributed by atoms with Crippen molar-refractivity contribution in [1.82, 2.24) is 9.36 Å². The number of hydrogen-bond donors (Lipinski definition) is 2. The number of benzene rings is 1. The van der Waals surface area contributed by atoms with Crippen molar-refractivity contribution in [2.75, 3.05) is 4.72 Å². The maximum atomic E-state index is 13.4. The fourth-order valence-electron chi connectivity index (χ4n) is 1.37. The monoisotopic (exact) mass is 332 g/mol. The summed E-state index contributed by atoms with van der Waals surface area (Å²) in [5, 5.41) is 0.128. The number of nitrogens with zero attached hydrogens (tertiary/aromatic N) is 2. The number of thiocarbonyl (C=S) groups is 1. The van der Waals surface area contributed by atoms with E-state index in [1.807, 2.05) is 0 Å². The molecular formula is C10H9FN4O2S3. The molecule has 10 heteroatoms. The molecule has 0 aliphatic rings. The summed E-state index contributed by atoms with van der Waals surface area (Å²) in [6.07, 6.45) is 0. The molecule has 0 amide bonds. The Hall–Kier alpha value is -1.65. The molecule has 0 aliphatic heterocycles. The van der Waals surface area contributed by atoms with Gasteiger partial charge in [-0.2, -0.15) is 4.37 Å². The fraction of sp³-hybridized carbons (Fsp3) is 0.100. The molecule has 0 saturated heterocycles. The lowest BCUT2D eigenvalue weighted by Crippen LogP contribution is -2.16. The van der Waals surface area contributed by atoms with E-state index in [4.69, 9.17) is 5.73 Å². The largest absolute Gasteiger partial charge is 0.389 e. The second kappa shape index (κ2) is 5.38. The lowest BCUT2D eigenvalue weighted by Gasteiger charge is -2.07. The molecule has 20 heavy (non-hydrogen) atoms. The van der Waals surface area contributed by atoms with Gasteiger partial charge in [-0.05, 0) is 25.1 Å². The van der Waals surface area contributed by atoms with Crippen molar-refractivity contribution >= 4 is 43.9 Å². The van der Waals surface area contributed by atoms with Crippen LogP contribution in [0.25, 0.3) is 0 Å². The van der Waals surface area contributed by atoms with Crippen LogP contribution in [-0.4, -0.2) is 22.8 Å². The molecule has 0 unspecified atom stereocenters. The molecule has 3 N–H and O–H groups in total. The Morgan fingerprint density at radius 2 is 2.20 bits per heavy atom. The summed E-state index contributed by atoms with van der Waals surface area (Å²) >= 11 is 5.58. The topological polar surface area (TPSA) is 98.0 Å². The summed E-state index contributed by atoms with van der Waals surface area (Å²) in [7, 11) is -3.90. The highest BCUT2D eigenvalue weighted by Crippen LogP contribution is 2.20. The maximum absolute atomic E-state index is 13.4. The molecular weight excluding hydrogens is 323 g/mol. The highest BCUT2D eigenvalue weighted by Gasteiger charge is 2.19. The fourth-order valence-corrected chi connectivity index (χ4v) is 3.35. The third-order valence-electron chi connectivity index (χ3n) is 2.26. The molecule has 1 aromatic carbocycles. The van der Waals surface area contributed by atoms with Gasteiger partial charge in [0.1, 0.15) is 16.6 Å². The van der Waals surface area contributed by atoms with E-state index in [1.54, 1.807) is 6.92 Å². The van der Waals surface area contributed by atoms with Crippen LogP contribution in [0.1, 0.15) is 11.4 Å². The van der Waals surface area contributed by atoms with Crippen molar-refractivity contribution in [3.63, 3.8) is 0 Å². The third kappa shape index (κ3) is 3.08. The Balaban J connectivity index is 2.39. The standard InChI is InChI=1S/C10H9FN4O2S3/c1-5-13-10(19-14-5)15-20(16,17)6-2-3-8(11)7(4-6)9(12)18/h2-4H,1H3,(H2,12,18)(H,13,14,15). The van der Waals surface area contributed by atoms with E-state index < -0.39 is 15.8 Å². The van der Waals surface area contributed by atoms with E-state index in [0.29, 0.717) is 5.82 Å². The van der Waals surface area contributed by atoms with Crippen LogP contribution in [-0.2, 0) is 10.0 Å². The Bertz CT molecular complexity index is 773. The van der Waals surface area contributed by atoms with Crippen molar-refractivity contribution in [3.05, 3.63) is 35.4 Å². The van der Waals surface area contributed by atoms with Crippen LogP contribution in [0.15, 0.2) is 23.1 Å². The van der Waals surface area contributed by atoms with E-state index in [2.05, 4.69) is 26.3 Å². The van der Waals surface area contributed by atoms with Crippen LogP contribution in [0.5, 0.6) is 0 Å². The van der Waals surface area contributed by atoms with E-state index in [9.17, 15) is 12.8 Å². The first-order chi connectivity index (χ1) is 9.29. The molecule has 6 nitrogen and oxygen atoms in total. The summed E-state index contributed by atoms with van der Waals surface area (Å²) in [6.45, 7) is 1.64. The van der Waals surface area contributed by atoms with Crippen LogP contribution >= 0.6 is 23.8 Å². The van der Waals surface area contributed by atoms with Gasteiger partial charge in [0.05, 0.1) is 4.90 Å². The van der Waals surface area contributed by atoms with E-state index in [1.165, 1.54) is 0 Å². The van der Waals surface area contributed by atoms with E-state index >= 15 is 0 Å². The van der Waals surface area contributed by atoms with Gasteiger partial charge >= 0.3 is 0 Å². The van der Waals surface area contributed by atoms with Gasteiger partial charge in [0.2, 0.25) is 5.13 Å². The van der Waals surface area contributed by atoms with Crippen LogP contribution in [0, 0.1) is 12.7 Å². The summed E-state index contributed by atoms with van der Waals surface area (Å²) in [4.78, 5) is 3.51. The number of aromatic nitrogens is 2. The summed E-state index contributed by atoms with van der Waals surface area (Å²) < 4.78 is 43.8. The molecule has 0 fully saturated rings. The molecule has 0 atom stereocenters. The average Bonchev–Trinajstić information content (AvgIpc) is 2.73. The number of sulfonamides is 1. The van der Waals surface area contributed by atoms with Crippen molar-refractivity contribution in [2.45, 2.75) is 11.8 Å². The summed E-state index contributed by atoms with van der Waals surface area (Å²) in [5.74, 6) is -0.223. The zero-order chi connectivity index (χ0) is 14.9. The van der Waals surface area contributed by atoms with Gasteiger partial charge in [-0.1, -0.05) is 12.2 Å². The molecule has 1 heterocycles. The first-order valence-electron chi connectivity index (χ1n) is 5.22. The Morgan fingerprint density at radius 3 is 2.75 bits per heavy atom. The van der Waals surface area contributed by atoms with Crippen LogP contribution in [0.3, 0.4) is 0 Å². The van der Waals surface area contributed by atoms with Gasteiger partial charge in [-0.15, -0.1) is 0 Å². The molecule has 2 rings (SSSR count).